The predicted octanol–water partition coefficient (Wildman–Crippen LogP) is 4.17. The largest absolute Gasteiger partial charge is 0.303 e. The van der Waals surface area contributed by atoms with Crippen LogP contribution >= 0.6 is 0 Å². The first kappa shape index (κ1) is 18.8. The first-order valence-corrected chi connectivity index (χ1v) is 9.78. The molecule has 26 heavy (non-hydrogen) atoms. The lowest BCUT2D eigenvalue weighted by molar-refractivity contribution is 0.0817. The fourth-order valence-corrected chi connectivity index (χ4v) is 3.73. The molecule has 0 radical (unpaired) electrons. The quantitative estimate of drug-likeness (QED) is 0.732. The average molecular weight is 354 g/mol. The van der Waals surface area contributed by atoms with Gasteiger partial charge in [0.2, 0.25) is 0 Å². The molecule has 140 valence electrons. The van der Waals surface area contributed by atoms with Crippen molar-refractivity contribution in [3.05, 3.63) is 53.9 Å². The molecule has 0 N–H and O–H groups in total. The molecule has 1 atom stereocenters. The van der Waals surface area contributed by atoms with E-state index in [0.29, 0.717) is 5.78 Å². The van der Waals surface area contributed by atoms with E-state index in [1.165, 1.54) is 5.56 Å². The van der Waals surface area contributed by atoms with Crippen LogP contribution in [-0.2, 0) is 12.0 Å². The number of ketones is 1. The van der Waals surface area contributed by atoms with Gasteiger partial charge in [-0.2, -0.15) is 5.10 Å². The second-order valence-corrected chi connectivity index (χ2v) is 8.45. The lowest BCUT2D eigenvalue weighted by Gasteiger charge is -2.32. The Morgan fingerprint density at radius 1 is 1.19 bits per heavy atom. The summed E-state index contributed by atoms with van der Waals surface area (Å²) in [7, 11) is 0. The summed E-state index contributed by atoms with van der Waals surface area (Å²) in [6.45, 7) is 10.6. The summed E-state index contributed by atoms with van der Waals surface area (Å²) in [6.07, 6.45) is 7.01. The van der Waals surface area contributed by atoms with Gasteiger partial charge in [0.1, 0.15) is 0 Å². The van der Waals surface area contributed by atoms with Gasteiger partial charge in [-0.05, 0) is 49.4 Å². The summed E-state index contributed by atoms with van der Waals surface area (Å²) in [6, 6.07) is 10.2. The molecule has 4 nitrogen and oxygen atoms in total. The Bertz CT molecular complexity index is 698. The van der Waals surface area contributed by atoms with E-state index in [1.807, 2.05) is 35.3 Å². The van der Waals surface area contributed by atoms with Gasteiger partial charge < -0.3 is 4.90 Å². The Labute approximate surface area is 157 Å². The van der Waals surface area contributed by atoms with Crippen LogP contribution in [0.2, 0.25) is 0 Å². The van der Waals surface area contributed by atoms with Crippen LogP contribution in [0, 0.1) is 5.92 Å². The molecular formula is C22H31N3O. The lowest BCUT2D eigenvalue weighted by atomic mass is 9.85. The monoisotopic (exact) mass is 353 g/mol. The van der Waals surface area contributed by atoms with E-state index < -0.39 is 0 Å². The maximum absolute atomic E-state index is 12.9. The van der Waals surface area contributed by atoms with Gasteiger partial charge >= 0.3 is 0 Å². The van der Waals surface area contributed by atoms with E-state index in [-0.39, 0.29) is 11.3 Å². The summed E-state index contributed by atoms with van der Waals surface area (Å²) < 4.78 is 1.98. The van der Waals surface area contributed by atoms with Crippen molar-refractivity contribution in [2.75, 3.05) is 19.6 Å². The van der Waals surface area contributed by atoms with E-state index in [1.54, 1.807) is 0 Å². The number of hydrogen-bond donors (Lipinski definition) is 0. The molecule has 0 saturated carbocycles. The third-order valence-electron chi connectivity index (χ3n) is 5.33. The summed E-state index contributed by atoms with van der Waals surface area (Å²) in [4.78, 5) is 15.4. The second kappa shape index (κ2) is 8.17. The lowest BCUT2D eigenvalue weighted by Crippen LogP contribution is -2.39. The Kier molecular flexibility index (Phi) is 5.92. The summed E-state index contributed by atoms with van der Waals surface area (Å²) in [5.74, 6) is 0.441. The molecule has 2 aromatic rings. The van der Waals surface area contributed by atoms with Crippen LogP contribution in [0.15, 0.2) is 42.7 Å². The Morgan fingerprint density at radius 3 is 2.62 bits per heavy atom. The molecule has 1 aromatic heterocycles. The molecule has 0 spiro atoms. The van der Waals surface area contributed by atoms with Crippen LogP contribution in [0.4, 0.5) is 0 Å². The average Bonchev–Trinajstić information content (AvgIpc) is 3.14. The minimum atomic E-state index is 0.123. The number of rotatable bonds is 6. The number of carbonyl (C=O) groups is 1. The van der Waals surface area contributed by atoms with Gasteiger partial charge in [-0.15, -0.1) is 0 Å². The Balaban J connectivity index is 1.54. The van der Waals surface area contributed by atoms with E-state index >= 15 is 0 Å². The summed E-state index contributed by atoms with van der Waals surface area (Å²) >= 11 is 0. The Morgan fingerprint density at radius 2 is 1.96 bits per heavy atom. The van der Waals surface area contributed by atoms with Crippen LogP contribution in [-0.4, -0.2) is 40.1 Å². The number of carbonyl (C=O) groups excluding carboxylic acids is 1. The van der Waals surface area contributed by atoms with Crippen molar-refractivity contribution in [2.45, 2.75) is 52.0 Å². The van der Waals surface area contributed by atoms with Gasteiger partial charge in [0.05, 0.1) is 0 Å². The number of likely N-dealkylation sites (tertiary alicyclic amines) is 1. The summed E-state index contributed by atoms with van der Waals surface area (Å²) in [5.41, 5.74) is 2.26. The zero-order valence-electron chi connectivity index (χ0n) is 16.3. The second-order valence-electron chi connectivity index (χ2n) is 8.45. The minimum Gasteiger partial charge on any atom is -0.303 e. The topological polar surface area (TPSA) is 38.1 Å². The Hall–Kier alpha value is -1.94. The van der Waals surface area contributed by atoms with E-state index in [0.717, 1.165) is 51.0 Å². The summed E-state index contributed by atoms with van der Waals surface area (Å²) in [5, 5.41) is 4.25. The fraction of sp³-hybridized carbons (Fsp3) is 0.545. The van der Waals surface area contributed by atoms with Gasteiger partial charge in [0.25, 0.3) is 0 Å². The normalized spacial score (nSPS) is 18.8. The van der Waals surface area contributed by atoms with E-state index in [9.17, 15) is 4.79 Å². The van der Waals surface area contributed by atoms with Gasteiger partial charge in [0.15, 0.2) is 5.78 Å². The van der Waals surface area contributed by atoms with Crippen molar-refractivity contribution in [1.82, 2.24) is 14.7 Å². The van der Waals surface area contributed by atoms with Crippen molar-refractivity contribution in [2.24, 2.45) is 5.92 Å². The number of aryl methyl sites for hydroxylation is 1. The molecule has 3 rings (SSSR count). The van der Waals surface area contributed by atoms with Crippen LogP contribution < -0.4 is 0 Å². The van der Waals surface area contributed by atoms with Gasteiger partial charge in [-0.3, -0.25) is 9.48 Å². The molecule has 1 fully saturated rings. The van der Waals surface area contributed by atoms with Crippen LogP contribution in [0.3, 0.4) is 0 Å². The third kappa shape index (κ3) is 4.82. The maximum Gasteiger partial charge on any atom is 0.167 e. The highest BCUT2D eigenvalue weighted by Gasteiger charge is 2.26. The first-order chi connectivity index (χ1) is 12.4. The first-order valence-electron chi connectivity index (χ1n) is 9.78. The molecule has 0 amide bonds. The number of aromatic nitrogens is 2. The number of piperidine rings is 1. The van der Waals surface area contributed by atoms with Gasteiger partial charge in [0, 0.05) is 37.0 Å². The zero-order chi connectivity index (χ0) is 18.6. The van der Waals surface area contributed by atoms with E-state index in [2.05, 4.69) is 42.9 Å². The molecule has 0 unspecified atom stereocenters. The standard InChI is InChI=1S/C22H31N3O/c1-22(2,3)20-10-8-18(9-11-20)21(26)19-7-4-13-24(17-19)14-6-16-25-15-5-12-23-25/h5,8-12,15,19H,4,6-7,13-14,16-17H2,1-3H3/t19-/m1/s1. The van der Waals surface area contributed by atoms with Gasteiger partial charge in [-0.25, -0.2) is 0 Å². The van der Waals surface area contributed by atoms with Crippen molar-refractivity contribution in [3.8, 4) is 0 Å². The van der Waals surface area contributed by atoms with Crippen LogP contribution in [0.1, 0.15) is 56.0 Å². The highest BCUT2D eigenvalue weighted by Crippen LogP contribution is 2.25. The molecule has 1 saturated heterocycles. The van der Waals surface area contributed by atoms with Crippen LogP contribution in [0.5, 0.6) is 0 Å². The molecule has 0 bridgehead atoms. The van der Waals surface area contributed by atoms with Gasteiger partial charge in [-0.1, -0.05) is 45.0 Å². The predicted molar refractivity (Wildman–Crippen MR) is 105 cm³/mol. The van der Waals surface area contributed by atoms with Crippen molar-refractivity contribution in [1.29, 1.82) is 0 Å². The molecule has 1 aliphatic heterocycles. The number of Topliss-reactive ketones (excluding diaryl/α,β-unsaturated/α-hetero) is 1. The van der Waals surface area contributed by atoms with Crippen molar-refractivity contribution < 1.29 is 4.79 Å². The number of nitrogens with zero attached hydrogens (tertiary/aromatic N) is 3. The zero-order valence-corrected chi connectivity index (χ0v) is 16.3. The number of benzene rings is 1. The van der Waals surface area contributed by atoms with Crippen LogP contribution in [0.25, 0.3) is 0 Å². The molecular weight excluding hydrogens is 322 g/mol. The third-order valence-corrected chi connectivity index (χ3v) is 5.33. The highest BCUT2D eigenvalue weighted by atomic mass is 16.1. The molecule has 0 aliphatic carbocycles. The smallest absolute Gasteiger partial charge is 0.167 e. The maximum atomic E-state index is 12.9. The molecule has 1 aromatic carbocycles. The van der Waals surface area contributed by atoms with Crippen molar-refractivity contribution in [3.63, 3.8) is 0 Å². The SMILES string of the molecule is CC(C)(C)c1ccc(C(=O)[C@@H]2CCCN(CCCn3cccn3)C2)cc1. The van der Waals surface area contributed by atoms with Crippen molar-refractivity contribution >= 4 is 5.78 Å². The highest BCUT2D eigenvalue weighted by molar-refractivity contribution is 5.98. The molecule has 2 heterocycles. The van der Waals surface area contributed by atoms with E-state index in [4.69, 9.17) is 0 Å². The number of hydrogen-bond acceptors (Lipinski definition) is 3. The fourth-order valence-electron chi connectivity index (χ4n) is 3.73. The minimum absolute atomic E-state index is 0.123. The molecule has 1 aliphatic rings. The molecule has 4 heteroatoms.